The number of rotatable bonds is 5. The maximum absolute atomic E-state index is 12.3. The quantitative estimate of drug-likeness (QED) is 0.729. The Balaban J connectivity index is 1.71. The number of Topliss-reactive ketones (excluding diaryl/α,β-unsaturated/α-hetero) is 2. The van der Waals surface area contributed by atoms with Gasteiger partial charge in [-0.15, -0.1) is 0 Å². The fourth-order valence-electron chi connectivity index (χ4n) is 2.26. The van der Waals surface area contributed by atoms with E-state index in [1.165, 1.54) is 12.4 Å². The molecule has 104 valence electrons. The fourth-order valence-corrected chi connectivity index (χ4v) is 2.26. The van der Waals surface area contributed by atoms with Gasteiger partial charge in [0.05, 0.1) is 12.4 Å². The Kier molecular flexibility index (Phi) is 3.55. The second-order valence-electron chi connectivity index (χ2n) is 4.73. The summed E-state index contributed by atoms with van der Waals surface area (Å²) in [4.78, 5) is 27.3. The van der Waals surface area contributed by atoms with Gasteiger partial charge in [0.25, 0.3) is 0 Å². The van der Waals surface area contributed by atoms with Crippen molar-refractivity contribution in [2.75, 3.05) is 0 Å². The van der Waals surface area contributed by atoms with Crippen molar-refractivity contribution >= 4 is 22.5 Å². The van der Waals surface area contributed by atoms with Gasteiger partial charge >= 0.3 is 0 Å². The van der Waals surface area contributed by atoms with Crippen LogP contribution in [0.15, 0.2) is 48.9 Å². The molecular formula is C16H13N3O2. The summed E-state index contributed by atoms with van der Waals surface area (Å²) in [6.07, 6.45) is 4.94. The van der Waals surface area contributed by atoms with Crippen molar-refractivity contribution in [1.29, 1.82) is 0 Å². The van der Waals surface area contributed by atoms with Crippen molar-refractivity contribution in [3.05, 3.63) is 60.0 Å². The number of H-pyrrole nitrogens is 1. The summed E-state index contributed by atoms with van der Waals surface area (Å²) in [5, 5.41) is 8.18. The van der Waals surface area contributed by atoms with E-state index in [0.29, 0.717) is 11.1 Å². The topological polar surface area (TPSA) is 75.7 Å². The van der Waals surface area contributed by atoms with Crippen LogP contribution in [-0.4, -0.2) is 26.7 Å². The molecule has 2 heterocycles. The summed E-state index contributed by atoms with van der Waals surface area (Å²) in [5.74, 6) is -0.138. The molecule has 0 aliphatic carbocycles. The van der Waals surface area contributed by atoms with Crippen LogP contribution < -0.4 is 0 Å². The molecule has 0 fully saturated rings. The molecule has 0 spiro atoms. The zero-order valence-corrected chi connectivity index (χ0v) is 11.2. The van der Waals surface area contributed by atoms with E-state index in [2.05, 4.69) is 15.2 Å². The SMILES string of the molecule is O=C(CCC(=O)c1c[nH]c2ccccc12)c1ccnnc1. The highest BCUT2D eigenvalue weighted by Crippen LogP contribution is 2.20. The minimum absolute atomic E-state index is 0.0391. The molecule has 0 unspecified atom stereocenters. The molecule has 2 aromatic heterocycles. The highest BCUT2D eigenvalue weighted by molar-refractivity contribution is 6.09. The third-order valence-electron chi connectivity index (χ3n) is 3.37. The molecule has 3 aromatic rings. The van der Waals surface area contributed by atoms with Crippen molar-refractivity contribution in [3.8, 4) is 0 Å². The lowest BCUT2D eigenvalue weighted by Crippen LogP contribution is -2.05. The number of para-hydroxylation sites is 1. The second-order valence-corrected chi connectivity index (χ2v) is 4.73. The van der Waals surface area contributed by atoms with E-state index < -0.39 is 0 Å². The average Bonchev–Trinajstić information content (AvgIpc) is 2.97. The lowest BCUT2D eigenvalue weighted by molar-refractivity contribution is 0.0918. The molecule has 0 bridgehead atoms. The van der Waals surface area contributed by atoms with Gasteiger partial charge in [0.2, 0.25) is 0 Å². The normalized spacial score (nSPS) is 10.7. The molecule has 21 heavy (non-hydrogen) atoms. The van der Waals surface area contributed by atoms with Crippen LogP contribution in [0.3, 0.4) is 0 Å². The highest BCUT2D eigenvalue weighted by atomic mass is 16.1. The first-order valence-corrected chi connectivity index (χ1v) is 6.65. The molecule has 0 aliphatic rings. The Morgan fingerprint density at radius 1 is 1.00 bits per heavy atom. The fraction of sp³-hybridized carbons (Fsp3) is 0.125. The predicted octanol–water partition coefficient (Wildman–Crippen LogP) is 2.80. The van der Waals surface area contributed by atoms with E-state index in [1.807, 2.05) is 24.3 Å². The van der Waals surface area contributed by atoms with Crippen LogP contribution in [0.5, 0.6) is 0 Å². The Morgan fingerprint density at radius 3 is 2.62 bits per heavy atom. The molecule has 0 amide bonds. The molecule has 3 rings (SSSR count). The van der Waals surface area contributed by atoms with Crippen LogP contribution in [0.4, 0.5) is 0 Å². The Morgan fingerprint density at radius 2 is 1.81 bits per heavy atom. The molecule has 0 aliphatic heterocycles. The van der Waals surface area contributed by atoms with E-state index in [9.17, 15) is 9.59 Å². The summed E-state index contributed by atoms with van der Waals surface area (Å²) in [7, 11) is 0. The van der Waals surface area contributed by atoms with Gasteiger partial charge in [0.15, 0.2) is 11.6 Å². The van der Waals surface area contributed by atoms with Gasteiger partial charge in [0.1, 0.15) is 0 Å². The molecule has 1 N–H and O–H groups in total. The molecule has 0 saturated heterocycles. The number of nitrogens with one attached hydrogen (secondary N) is 1. The number of ketones is 2. The monoisotopic (exact) mass is 279 g/mol. The summed E-state index contributed by atoms with van der Waals surface area (Å²) < 4.78 is 0. The van der Waals surface area contributed by atoms with Gasteiger partial charge in [-0.1, -0.05) is 18.2 Å². The maximum Gasteiger partial charge on any atom is 0.165 e. The summed E-state index contributed by atoms with van der Waals surface area (Å²) in [5.41, 5.74) is 2.04. The van der Waals surface area contributed by atoms with Gasteiger partial charge < -0.3 is 4.98 Å². The summed E-state index contributed by atoms with van der Waals surface area (Å²) in [6.45, 7) is 0. The third kappa shape index (κ3) is 2.72. The van der Waals surface area contributed by atoms with Gasteiger partial charge in [-0.3, -0.25) is 9.59 Å². The van der Waals surface area contributed by atoms with Crippen molar-refractivity contribution in [3.63, 3.8) is 0 Å². The zero-order valence-electron chi connectivity index (χ0n) is 11.2. The van der Waals surface area contributed by atoms with Crippen molar-refractivity contribution in [2.45, 2.75) is 12.8 Å². The molecule has 0 radical (unpaired) electrons. The van der Waals surface area contributed by atoms with Gasteiger partial charge in [-0.2, -0.15) is 10.2 Å². The number of aromatic nitrogens is 3. The molecule has 5 heteroatoms. The first-order chi connectivity index (χ1) is 10.3. The number of hydrogen-bond acceptors (Lipinski definition) is 4. The van der Waals surface area contributed by atoms with Gasteiger partial charge in [-0.05, 0) is 12.1 Å². The number of aromatic amines is 1. The van der Waals surface area contributed by atoms with Crippen molar-refractivity contribution in [1.82, 2.24) is 15.2 Å². The Labute approximate surface area is 121 Å². The molecule has 0 saturated carbocycles. The first-order valence-electron chi connectivity index (χ1n) is 6.65. The minimum atomic E-state index is -0.0990. The Hall–Kier alpha value is -2.82. The van der Waals surface area contributed by atoms with Crippen LogP contribution in [0.25, 0.3) is 10.9 Å². The van der Waals surface area contributed by atoms with Crippen LogP contribution in [0.2, 0.25) is 0 Å². The maximum atomic E-state index is 12.3. The van der Waals surface area contributed by atoms with E-state index >= 15 is 0 Å². The lowest BCUT2D eigenvalue weighted by atomic mass is 10.0. The number of carbonyl (C=O) groups excluding carboxylic acids is 2. The van der Waals surface area contributed by atoms with E-state index in [-0.39, 0.29) is 24.4 Å². The van der Waals surface area contributed by atoms with Crippen LogP contribution in [-0.2, 0) is 0 Å². The zero-order chi connectivity index (χ0) is 14.7. The second kappa shape index (κ2) is 5.66. The molecule has 0 atom stereocenters. The summed E-state index contributed by atoms with van der Waals surface area (Å²) in [6, 6.07) is 9.22. The van der Waals surface area contributed by atoms with Gasteiger partial charge in [-0.25, -0.2) is 0 Å². The number of nitrogens with zero attached hydrogens (tertiary/aromatic N) is 2. The number of fused-ring (bicyclic) bond motifs is 1. The van der Waals surface area contributed by atoms with E-state index in [4.69, 9.17) is 0 Å². The lowest BCUT2D eigenvalue weighted by Gasteiger charge is -2.00. The largest absolute Gasteiger partial charge is 0.360 e. The van der Waals surface area contributed by atoms with Crippen LogP contribution >= 0.6 is 0 Å². The molecular weight excluding hydrogens is 266 g/mol. The smallest absolute Gasteiger partial charge is 0.165 e. The van der Waals surface area contributed by atoms with Crippen LogP contribution in [0, 0.1) is 0 Å². The van der Waals surface area contributed by atoms with Crippen LogP contribution in [0.1, 0.15) is 33.6 Å². The predicted molar refractivity (Wildman–Crippen MR) is 78.2 cm³/mol. The number of hydrogen-bond donors (Lipinski definition) is 1. The standard InChI is InChI=1S/C16H13N3O2/c20-15(11-7-8-18-19-9-11)5-6-16(21)13-10-17-14-4-2-1-3-12(13)14/h1-4,7-10,17H,5-6H2. The first kappa shape index (κ1) is 13.2. The van der Waals surface area contributed by atoms with Crippen molar-refractivity contribution in [2.24, 2.45) is 0 Å². The van der Waals surface area contributed by atoms with Gasteiger partial charge in [0, 0.05) is 41.1 Å². The molecule has 1 aromatic carbocycles. The molecule has 5 nitrogen and oxygen atoms in total. The highest BCUT2D eigenvalue weighted by Gasteiger charge is 2.14. The Bertz CT molecular complexity index is 793. The average molecular weight is 279 g/mol. The number of carbonyl (C=O) groups is 2. The summed E-state index contributed by atoms with van der Waals surface area (Å²) >= 11 is 0. The minimum Gasteiger partial charge on any atom is -0.360 e. The number of benzene rings is 1. The third-order valence-corrected chi connectivity index (χ3v) is 3.37. The van der Waals surface area contributed by atoms with Crippen molar-refractivity contribution < 1.29 is 9.59 Å². The van der Waals surface area contributed by atoms with E-state index in [1.54, 1.807) is 12.3 Å². The van der Waals surface area contributed by atoms with E-state index in [0.717, 1.165) is 10.9 Å².